The van der Waals surface area contributed by atoms with Crippen molar-refractivity contribution in [1.82, 2.24) is 15.3 Å². The molecule has 5 nitrogen and oxygen atoms in total. The van der Waals surface area contributed by atoms with Crippen LogP contribution in [0.3, 0.4) is 0 Å². The third-order valence-electron chi connectivity index (χ3n) is 1.88. The van der Waals surface area contributed by atoms with Gasteiger partial charge in [0.05, 0.1) is 0 Å². The first kappa shape index (κ1) is 13.7. The number of amides is 1. The van der Waals surface area contributed by atoms with Crippen LogP contribution in [0.1, 0.15) is 27.7 Å². The smallest absolute Gasteiger partial charge is 0.242 e. The van der Waals surface area contributed by atoms with E-state index in [0.29, 0.717) is 5.82 Å². The first-order chi connectivity index (χ1) is 7.78. The number of nitrogens with one attached hydrogen (secondary N) is 2. The highest BCUT2D eigenvalue weighted by atomic mass is 35.5. The Morgan fingerprint density at radius 2 is 2.12 bits per heavy atom. The number of hydrogen-bond acceptors (Lipinski definition) is 4. The number of anilines is 1. The van der Waals surface area contributed by atoms with E-state index in [1.54, 1.807) is 13.0 Å². The summed E-state index contributed by atoms with van der Waals surface area (Å²) >= 11 is 5.65. The van der Waals surface area contributed by atoms with Gasteiger partial charge < -0.3 is 10.6 Å². The molecule has 1 atom stereocenters. The normalized spacial score (nSPS) is 13.0. The lowest BCUT2D eigenvalue weighted by Crippen LogP contribution is -2.47. The van der Waals surface area contributed by atoms with Gasteiger partial charge in [-0.2, -0.15) is 0 Å². The Balaban J connectivity index is 2.60. The van der Waals surface area contributed by atoms with Crippen LogP contribution in [-0.2, 0) is 4.79 Å². The molecule has 0 aliphatic heterocycles. The maximum atomic E-state index is 11.8. The SMILES string of the molecule is CC(Nc1ccnc(Cl)n1)C(=O)NC(C)(C)C. The van der Waals surface area contributed by atoms with Crippen molar-refractivity contribution in [2.24, 2.45) is 0 Å². The topological polar surface area (TPSA) is 66.9 Å². The Morgan fingerprint density at radius 3 is 2.65 bits per heavy atom. The molecule has 0 aromatic carbocycles. The van der Waals surface area contributed by atoms with E-state index in [-0.39, 0.29) is 22.8 Å². The highest BCUT2D eigenvalue weighted by Gasteiger charge is 2.19. The van der Waals surface area contributed by atoms with Crippen molar-refractivity contribution in [1.29, 1.82) is 0 Å². The number of carbonyl (C=O) groups excluding carboxylic acids is 1. The Hall–Kier alpha value is -1.36. The number of carbonyl (C=O) groups is 1. The number of nitrogens with zero attached hydrogens (tertiary/aromatic N) is 2. The fourth-order valence-corrected chi connectivity index (χ4v) is 1.33. The summed E-state index contributed by atoms with van der Waals surface area (Å²) in [6.07, 6.45) is 1.53. The van der Waals surface area contributed by atoms with Gasteiger partial charge in [-0.3, -0.25) is 4.79 Å². The molecular weight excluding hydrogens is 240 g/mol. The highest BCUT2D eigenvalue weighted by Crippen LogP contribution is 2.08. The van der Waals surface area contributed by atoms with Crippen molar-refractivity contribution in [2.75, 3.05) is 5.32 Å². The fraction of sp³-hybridized carbons (Fsp3) is 0.545. The molecule has 1 rings (SSSR count). The third kappa shape index (κ3) is 4.99. The second-order valence-electron chi connectivity index (χ2n) is 4.82. The number of halogens is 1. The first-order valence-electron chi connectivity index (χ1n) is 5.35. The summed E-state index contributed by atoms with van der Waals surface area (Å²) in [7, 11) is 0. The van der Waals surface area contributed by atoms with Gasteiger partial charge in [0.2, 0.25) is 11.2 Å². The minimum Gasteiger partial charge on any atom is -0.358 e. The van der Waals surface area contributed by atoms with Crippen LogP contribution < -0.4 is 10.6 Å². The average Bonchev–Trinajstić information content (AvgIpc) is 2.14. The van der Waals surface area contributed by atoms with Crippen molar-refractivity contribution in [3.63, 3.8) is 0 Å². The standard InChI is InChI=1S/C11H17ClN4O/c1-7(9(17)16-11(2,3)4)14-8-5-6-13-10(12)15-8/h5-7H,1-4H3,(H,16,17)(H,13,14,15). The van der Waals surface area contributed by atoms with Gasteiger partial charge in [-0.15, -0.1) is 0 Å². The van der Waals surface area contributed by atoms with E-state index in [0.717, 1.165) is 0 Å². The summed E-state index contributed by atoms with van der Waals surface area (Å²) < 4.78 is 0. The molecule has 1 unspecified atom stereocenters. The summed E-state index contributed by atoms with van der Waals surface area (Å²) in [6, 6.07) is 1.27. The minimum atomic E-state index is -0.389. The van der Waals surface area contributed by atoms with Crippen LogP contribution in [0.15, 0.2) is 12.3 Å². The molecule has 2 N–H and O–H groups in total. The van der Waals surface area contributed by atoms with E-state index in [1.807, 2.05) is 20.8 Å². The molecule has 0 radical (unpaired) electrons. The average molecular weight is 257 g/mol. The molecule has 17 heavy (non-hydrogen) atoms. The van der Waals surface area contributed by atoms with Gasteiger partial charge in [0.15, 0.2) is 0 Å². The van der Waals surface area contributed by atoms with E-state index >= 15 is 0 Å². The van der Waals surface area contributed by atoms with Crippen LogP contribution in [0.4, 0.5) is 5.82 Å². The largest absolute Gasteiger partial charge is 0.358 e. The maximum absolute atomic E-state index is 11.8. The Labute approximate surface area is 106 Å². The molecular formula is C11H17ClN4O. The molecule has 0 bridgehead atoms. The third-order valence-corrected chi connectivity index (χ3v) is 2.06. The zero-order valence-electron chi connectivity index (χ0n) is 10.4. The molecule has 1 amide bonds. The predicted molar refractivity (Wildman–Crippen MR) is 68.0 cm³/mol. The lowest BCUT2D eigenvalue weighted by Gasteiger charge is -2.23. The van der Waals surface area contributed by atoms with Gasteiger partial charge in [-0.05, 0) is 45.4 Å². The van der Waals surface area contributed by atoms with E-state index in [2.05, 4.69) is 20.6 Å². The Kier molecular flexibility index (Phi) is 4.28. The van der Waals surface area contributed by atoms with Gasteiger partial charge in [-0.25, -0.2) is 9.97 Å². The second kappa shape index (κ2) is 5.31. The van der Waals surface area contributed by atoms with Crippen LogP contribution in [0.5, 0.6) is 0 Å². The van der Waals surface area contributed by atoms with Crippen molar-refractivity contribution in [2.45, 2.75) is 39.3 Å². The van der Waals surface area contributed by atoms with Crippen molar-refractivity contribution in [3.8, 4) is 0 Å². The molecule has 94 valence electrons. The van der Waals surface area contributed by atoms with Crippen LogP contribution in [0.25, 0.3) is 0 Å². The first-order valence-corrected chi connectivity index (χ1v) is 5.73. The number of aromatic nitrogens is 2. The Morgan fingerprint density at radius 1 is 1.47 bits per heavy atom. The highest BCUT2D eigenvalue weighted by molar-refractivity contribution is 6.28. The van der Waals surface area contributed by atoms with E-state index < -0.39 is 0 Å². The molecule has 0 spiro atoms. The molecule has 0 saturated carbocycles. The molecule has 0 aliphatic carbocycles. The lowest BCUT2D eigenvalue weighted by molar-refractivity contribution is -0.122. The van der Waals surface area contributed by atoms with Crippen LogP contribution in [-0.4, -0.2) is 27.5 Å². The number of rotatable bonds is 3. The fourth-order valence-electron chi connectivity index (χ4n) is 1.18. The zero-order valence-corrected chi connectivity index (χ0v) is 11.2. The van der Waals surface area contributed by atoms with Crippen LogP contribution >= 0.6 is 11.6 Å². The zero-order chi connectivity index (χ0) is 13.1. The van der Waals surface area contributed by atoms with Crippen LogP contribution in [0.2, 0.25) is 5.28 Å². The van der Waals surface area contributed by atoms with E-state index in [9.17, 15) is 4.79 Å². The van der Waals surface area contributed by atoms with Crippen molar-refractivity contribution < 1.29 is 4.79 Å². The van der Waals surface area contributed by atoms with Gasteiger partial charge in [0, 0.05) is 11.7 Å². The van der Waals surface area contributed by atoms with Crippen LogP contribution in [0, 0.1) is 0 Å². The second-order valence-corrected chi connectivity index (χ2v) is 5.15. The van der Waals surface area contributed by atoms with Gasteiger partial charge >= 0.3 is 0 Å². The molecule has 0 aliphatic rings. The molecule has 0 saturated heterocycles. The lowest BCUT2D eigenvalue weighted by atomic mass is 10.1. The Bertz CT molecular complexity index is 403. The maximum Gasteiger partial charge on any atom is 0.242 e. The van der Waals surface area contributed by atoms with Crippen molar-refractivity contribution in [3.05, 3.63) is 17.5 Å². The summed E-state index contributed by atoms with van der Waals surface area (Å²) in [6.45, 7) is 7.55. The summed E-state index contributed by atoms with van der Waals surface area (Å²) in [4.78, 5) is 19.5. The predicted octanol–water partition coefficient (Wildman–Crippen LogP) is 1.85. The summed E-state index contributed by atoms with van der Waals surface area (Å²) in [5.74, 6) is 0.439. The quantitative estimate of drug-likeness (QED) is 0.810. The monoisotopic (exact) mass is 256 g/mol. The molecule has 1 heterocycles. The van der Waals surface area contributed by atoms with Gasteiger partial charge in [0.25, 0.3) is 0 Å². The minimum absolute atomic E-state index is 0.0905. The van der Waals surface area contributed by atoms with E-state index in [4.69, 9.17) is 11.6 Å². The van der Waals surface area contributed by atoms with Gasteiger partial charge in [0.1, 0.15) is 11.9 Å². The van der Waals surface area contributed by atoms with Gasteiger partial charge in [-0.1, -0.05) is 0 Å². The van der Waals surface area contributed by atoms with E-state index in [1.165, 1.54) is 6.20 Å². The van der Waals surface area contributed by atoms with Crippen molar-refractivity contribution >= 4 is 23.3 Å². The molecule has 6 heteroatoms. The molecule has 1 aromatic heterocycles. The number of hydrogen-bond donors (Lipinski definition) is 2. The summed E-state index contributed by atoms with van der Waals surface area (Å²) in [5.41, 5.74) is -0.254. The summed E-state index contributed by atoms with van der Waals surface area (Å²) in [5, 5.41) is 5.98. The molecule has 1 aromatic rings. The molecule has 0 fully saturated rings.